The molecule has 0 atom stereocenters. The van der Waals surface area contributed by atoms with Crippen LogP contribution in [-0.4, -0.2) is 24.5 Å². The van der Waals surface area contributed by atoms with E-state index in [2.05, 4.69) is 44.1 Å². The van der Waals surface area contributed by atoms with Gasteiger partial charge in [-0.15, -0.1) is 0 Å². The third-order valence-electron chi connectivity index (χ3n) is 4.90. The van der Waals surface area contributed by atoms with Crippen molar-refractivity contribution in [1.82, 2.24) is 10.2 Å². The van der Waals surface area contributed by atoms with Crippen LogP contribution in [0.3, 0.4) is 0 Å². The van der Waals surface area contributed by atoms with Gasteiger partial charge in [-0.05, 0) is 57.2 Å². The van der Waals surface area contributed by atoms with Gasteiger partial charge in [0.05, 0.1) is 12.8 Å². The zero-order valence-electron chi connectivity index (χ0n) is 14.2. The van der Waals surface area contributed by atoms with Crippen molar-refractivity contribution in [3.05, 3.63) is 23.7 Å². The lowest BCUT2D eigenvalue weighted by Crippen LogP contribution is -2.36. The Labute approximate surface area is 130 Å². The van der Waals surface area contributed by atoms with Crippen LogP contribution < -0.4 is 5.32 Å². The minimum absolute atomic E-state index is 0.539. The average Bonchev–Trinajstić information content (AvgIpc) is 2.86. The monoisotopic (exact) mass is 292 g/mol. The molecule has 0 spiro atoms. The first kappa shape index (κ1) is 16.6. The van der Waals surface area contributed by atoms with Crippen LogP contribution in [0.4, 0.5) is 0 Å². The molecular weight excluding hydrogens is 260 g/mol. The second-order valence-corrected chi connectivity index (χ2v) is 7.36. The maximum Gasteiger partial charge on any atom is 0.122 e. The molecule has 21 heavy (non-hydrogen) atoms. The van der Waals surface area contributed by atoms with Gasteiger partial charge in [0.2, 0.25) is 0 Å². The van der Waals surface area contributed by atoms with E-state index in [0.717, 1.165) is 25.4 Å². The van der Waals surface area contributed by atoms with Gasteiger partial charge in [-0.2, -0.15) is 0 Å². The van der Waals surface area contributed by atoms with E-state index < -0.39 is 0 Å². The molecule has 1 aliphatic rings. The molecule has 120 valence electrons. The first-order chi connectivity index (χ1) is 10.0. The van der Waals surface area contributed by atoms with Crippen molar-refractivity contribution >= 4 is 0 Å². The Morgan fingerprint density at radius 3 is 2.71 bits per heavy atom. The van der Waals surface area contributed by atoms with Gasteiger partial charge in [0.15, 0.2) is 0 Å². The predicted molar refractivity (Wildman–Crippen MR) is 88.2 cm³/mol. The van der Waals surface area contributed by atoms with Gasteiger partial charge in [0, 0.05) is 18.2 Å². The molecule has 0 radical (unpaired) electrons. The van der Waals surface area contributed by atoms with Crippen molar-refractivity contribution in [2.45, 2.75) is 72.0 Å². The second kappa shape index (κ2) is 7.46. The molecule has 0 amide bonds. The standard InChI is InChI=1S/C18H32N2O/c1-5-11-19-13-15-8-12-21-17(15)14-20(4)16-6-9-18(2,3)10-7-16/h8,12,16,19H,5-7,9-11,13-14H2,1-4H3. The number of hydrogen-bond acceptors (Lipinski definition) is 3. The Balaban J connectivity index is 1.85. The highest BCUT2D eigenvalue weighted by Gasteiger charge is 2.29. The number of nitrogens with one attached hydrogen (secondary N) is 1. The lowest BCUT2D eigenvalue weighted by Gasteiger charge is -2.38. The predicted octanol–water partition coefficient (Wildman–Crippen LogP) is 4.18. The number of nitrogens with zero attached hydrogens (tertiary/aromatic N) is 1. The van der Waals surface area contributed by atoms with E-state index in [1.165, 1.54) is 37.7 Å². The Morgan fingerprint density at radius 1 is 1.33 bits per heavy atom. The van der Waals surface area contributed by atoms with Gasteiger partial charge in [0.1, 0.15) is 5.76 Å². The summed E-state index contributed by atoms with van der Waals surface area (Å²) in [5.74, 6) is 1.13. The number of rotatable bonds is 7. The highest BCUT2D eigenvalue weighted by atomic mass is 16.3. The van der Waals surface area contributed by atoms with E-state index in [1.807, 2.05) is 6.26 Å². The average molecular weight is 292 g/mol. The molecule has 0 saturated heterocycles. The Hall–Kier alpha value is -0.800. The van der Waals surface area contributed by atoms with E-state index in [-0.39, 0.29) is 0 Å². The van der Waals surface area contributed by atoms with Crippen LogP contribution in [0.5, 0.6) is 0 Å². The van der Waals surface area contributed by atoms with Crippen molar-refractivity contribution in [1.29, 1.82) is 0 Å². The van der Waals surface area contributed by atoms with Crippen molar-refractivity contribution in [3.8, 4) is 0 Å². The van der Waals surface area contributed by atoms with Gasteiger partial charge in [-0.25, -0.2) is 0 Å². The fraction of sp³-hybridized carbons (Fsp3) is 0.778. The quantitative estimate of drug-likeness (QED) is 0.764. The summed E-state index contributed by atoms with van der Waals surface area (Å²) < 4.78 is 5.72. The molecule has 1 fully saturated rings. The third kappa shape index (κ3) is 4.86. The van der Waals surface area contributed by atoms with Gasteiger partial charge in [-0.1, -0.05) is 20.8 Å². The lowest BCUT2D eigenvalue weighted by molar-refractivity contribution is 0.117. The topological polar surface area (TPSA) is 28.4 Å². The van der Waals surface area contributed by atoms with E-state index in [4.69, 9.17) is 4.42 Å². The van der Waals surface area contributed by atoms with Crippen LogP contribution >= 0.6 is 0 Å². The minimum atomic E-state index is 0.539. The van der Waals surface area contributed by atoms with Crippen LogP contribution in [0.25, 0.3) is 0 Å². The summed E-state index contributed by atoms with van der Waals surface area (Å²) in [4.78, 5) is 2.48. The molecule has 0 aliphatic heterocycles. The lowest BCUT2D eigenvalue weighted by atomic mass is 9.75. The van der Waals surface area contributed by atoms with Gasteiger partial charge < -0.3 is 9.73 Å². The minimum Gasteiger partial charge on any atom is -0.468 e. The normalized spacial score (nSPS) is 19.3. The fourth-order valence-electron chi connectivity index (χ4n) is 3.24. The van der Waals surface area contributed by atoms with Crippen LogP contribution in [0, 0.1) is 5.41 Å². The second-order valence-electron chi connectivity index (χ2n) is 7.36. The number of furan rings is 1. The van der Waals surface area contributed by atoms with Crippen LogP contribution in [0.2, 0.25) is 0 Å². The highest BCUT2D eigenvalue weighted by molar-refractivity contribution is 5.16. The molecule has 3 heteroatoms. The van der Waals surface area contributed by atoms with Gasteiger partial charge in [-0.3, -0.25) is 4.90 Å². The van der Waals surface area contributed by atoms with E-state index in [9.17, 15) is 0 Å². The molecule has 1 N–H and O–H groups in total. The molecule has 0 bridgehead atoms. The van der Waals surface area contributed by atoms with Gasteiger partial charge in [0.25, 0.3) is 0 Å². The molecule has 1 aromatic heterocycles. The number of hydrogen-bond donors (Lipinski definition) is 1. The molecular formula is C18H32N2O. The molecule has 1 aliphatic carbocycles. The molecule has 0 unspecified atom stereocenters. The van der Waals surface area contributed by atoms with E-state index in [0.29, 0.717) is 11.5 Å². The van der Waals surface area contributed by atoms with Crippen LogP contribution in [-0.2, 0) is 13.1 Å². The zero-order valence-corrected chi connectivity index (χ0v) is 14.2. The summed E-state index contributed by atoms with van der Waals surface area (Å²) in [5.41, 5.74) is 1.85. The molecule has 1 saturated carbocycles. The molecule has 0 aromatic carbocycles. The Kier molecular flexibility index (Phi) is 5.88. The highest BCUT2D eigenvalue weighted by Crippen LogP contribution is 2.36. The largest absolute Gasteiger partial charge is 0.468 e. The Bertz CT molecular complexity index is 415. The summed E-state index contributed by atoms with van der Waals surface area (Å²) in [6.07, 6.45) is 8.30. The summed E-state index contributed by atoms with van der Waals surface area (Å²) in [6, 6.07) is 2.81. The summed E-state index contributed by atoms with van der Waals surface area (Å²) in [7, 11) is 2.24. The maximum absolute atomic E-state index is 5.72. The fourth-order valence-corrected chi connectivity index (χ4v) is 3.24. The van der Waals surface area contributed by atoms with Crippen molar-refractivity contribution in [2.24, 2.45) is 5.41 Å². The molecule has 3 nitrogen and oxygen atoms in total. The zero-order chi connectivity index (χ0) is 15.3. The summed E-state index contributed by atoms with van der Waals surface area (Å²) in [6.45, 7) is 9.91. The maximum atomic E-state index is 5.72. The smallest absolute Gasteiger partial charge is 0.122 e. The van der Waals surface area contributed by atoms with Crippen molar-refractivity contribution < 1.29 is 4.42 Å². The van der Waals surface area contributed by atoms with Crippen LogP contribution in [0.1, 0.15) is 64.2 Å². The first-order valence-corrected chi connectivity index (χ1v) is 8.48. The van der Waals surface area contributed by atoms with E-state index in [1.54, 1.807) is 0 Å². The summed E-state index contributed by atoms with van der Waals surface area (Å²) >= 11 is 0. The van der Waals surface area contributed by atoms with Crippen molar-refractivity contribution in [2.75, 3.05) is 13.6 Å². The van der Waals surface area contributed by atoms with Crippen LogP contribution in [0.15, 0.2) is 16.7 Å². The molecule has 2 rings (SSSR count). The van der Waals surface area contributed by atoms with Crippen molar-refractivity contribution in [3.63, 3.8) is 0 Å². The first-order valence-electron chi connectivity index (χ1n) is 8.48. The Morgan fingerprint density at radius 2 is 2.05 bits per heavy atom. The molecule has 1 heterocycles. The van der Waals surface area contributed by atoms with Gasteiger partial charge >= 0.3 is 0 Å². The molecule has 1 aromatic rings. The van der Waals surface area contributed by atoms with E-state index >= 15 is 0 Å². The SMILES string of the molecule is CCCNCc1ccoc1CN(C)C1CCC(C)(C)CC1. The summed E-state index contributed by atoms with van der Waals surface area (Å²) in [5, 5.41) is 3.46. The third-order valence-corrected chi connectivity index (χ3v) is 4.90.